The summed E-state index contributed by atoms with van der Waals surface area (Å²) in [6.07, 6.45) is 7.51. The molecule has 0 aliphatic heterocycles. The number of hydrogen-bond acceptors (Lipinski definition) is 3. The van der Waals surface area contributed by atoms with Crippen LogP contribution in [0.2, 0.25) is 0 Å². The Balaban J connectivity index is 1.52. The number of aromatic nitrogens is 1. The lowest BCUT2D eigenvalue weighted by Gasteiger charge is -2.10. The molecule has 0 unspecified atom stereocenters. The summed E-state index contributed by atoms with van der Waals surface area (Å²) in [7, 11) is 0. The van der Waals surface area contributed by atoms with Crippen molar-refractivity contribution in [2.75, 3.05) is 5.32 Å². The van der Waals surface area contributed by atoms with Crippen LogP contribution in [0.15, 0.2) is 47.5 Å². The van der Waals surface area contributed by atoms with Gasteiger partial charge in [0.25, 0.3) is 0 Å². The van der Waals surface area contributed by atoms with Gasteiger partial charge >= 0.3 is 0 Å². The van der Waals surface area contributed by atoms with Crippen molar-refractivity contribution in [3.63, 3.8) is 0 Å². The molecule has 110 valence electrons. The normalized spacial score (nSPS) is 15.3. The van der Waals surface area contributed by atoms with Gasteiger partial charge in [0.1, 0.15) is 0 Å². The van der Waals surface area contributed by atoms with Crippen LogP contribution in [0, 0.1) is 6.92 Å². The maximum atomic E-state index is 4.32. The highest BCUT2D eigenvalue weighted by molar-refractivity contribution is 8.00. The SMILES string of the molecule is Cc1ccc(CNc2ccc(SC3CCCC3)cc2)cn1. The first-order valence-corrected chi connectivity index (χ1v) is 8.60. The smallest absolute Gasteiger partial charge is 0.0416 e. The van der Waals surface area contributed by atoms with Crippen molar-refractivity contribution in [2.45, 2.75) is 49.3 Å². The Kier molecular flexibility index (Phi) is 4.81. The fraction of sp³-hybridized carbons (Fsp3) is 0.389. The van der Waals surface area contributed by atoms with Crippen molar-refractivity contribution in [3.05, 3.63) is 53.9 Å². The predicted octanol–water partition coefficient (Wildman–Crippen LogP) is 5.04. The minimum Gasteiger partial charge on any atom is -0.381 e. The zero-order valence-corrected chi connectivity index (χ0v) is 13.3. The van der Waals surface area contributed by atoms with E-state index in [0.717, 1.165) is 17.5 Å². The summed E-state index contributed by atoms with van der Waals surface area (Å²) in [6.45, 7) is 2.83. The van der Waals surface area contributed by atoms with Gasteiger partial charge in [-0.15, -0.1) is 11.8 Å². The molecule has 0 bridgehead atoms. The van der Waals surface area contributed by atoms with E-state index < -0.39 is 0 Å². The lowest BCUT2D eigenvalue weighted by atomic mass is 10.2. The molecule has 0 atom stereocenters. The summed E-state index contributed by atoms with van der Waals surface area (Å²) in [5.74, 6) is 0. The van der Waals surface area contributed by atoms with Crippen molar-refractivity contribution in [3.8, 4) is 0 Å². The quantitative estimate of drug-likeness (QED) is 0.837. The Morgan fingerprint density at radius 2 is 1.86 bits per heavy atom. The van der Waals surface area contributed by atoms with E-state index in [9.17, 15) is 0 Å². The number of anilines is 1. The largest absolute Gasteiger partial charge is 0.381 e. The topological polar surface area (TPSA) is 24.9 Å². The highest BCUT2D eigenvalue weighted by Gasteiger charge is 2.15. The lowest BCUT2D eigenvalue weighted by molar-refractivity contribution is 0.886. The summed E-state index contributed by atoms with van der Waals surface area (Å²) in [6, 6.07) is 13.0. The molecule has 1 aromatic carbocycles. The second kappa shape index (κ2) is 6.99. The van der Waals surface area contributed by atoms with Gasteiger partial charge in [0.2, 0.25) is 0 Å². The minimum absolute atomic E-state index is 0.822. The average Bonchev–Trinajstić information content (AvgIpc) is 3.01. The third-order valence-corrected chi connectivity index (χ3v) is 5.28. The molecule has 1 fully saturated rings. The number of nitrogens with zero attached hydrogens (tertiary/aromatic N) is 1. The van der Waals surface area contributed by atoms with Gasteiger partial charge in [-0.1, -0.05) is 18.9 Å². The first-order valence-electron chi connectivity index (χ1n) is 7.72. The molecule has 1 aliphatic carbocycles. The van der Waals surface area contributed by atoms with Gasteiger partial charge in [-0.3, -0.25) is 4.98 Å². The first-order chi connectivity index (χ1) is 10.3. The molecule has 1 saturated carbocycles. The van der Waals surface area contributed by atoms with E-state index in [1.807, 2.05) is 24.9 Å². The van der Waals surface area contributed by atoms with Crippen LogP contribution in [-0.2, 0) is 6.54 Å². The van der Waals surface area contributed by atoms with Gasteiger partial charge in [0.15, 0.2) is 0 Å². The fourth-order valence-corrected chi connectivity index (χ4v) is 3.90. The Bertz CT molecular complexity index is 557. The van der Waals surface area contributed by atoms with E-state index in [1.165, 1.54) is 41.8 Å². The Morgan fingerprint density at radius 1 is 1.10 bits per heavy atom. The first kappa shape index (κ1) is 14.5. The van der Waals surface area contributed by atoms with Gasteiger partial charge in [-0.05, 0) is 55.7 Å². The molecule has 1 aromatic heterocycles. The van der Waals surface area contributed by atoms with E-state index in [2.05, 4.69) is 46.7 Å². The van der Waals surface area contributed by atoms with Crippen LogP contribution in [0.1, 0.15) is 36.9 Å². The molecule has 2 aromatic rings. The van der Waals surface area contributed by atoms with Crippen LogP contribution in [0.4, 0.5) is 5.69 Å². The molecule has 1 heterocycles. The third kappa shape index (κ3) is 4.24. The predicted molar refractivity (Wildman–Crippen MR) is 90.9 cm³/mol. The van der Waals surface area contributed by atoms with Gasteiger partial charge in [0.05, 0.1) is 0 Å². The maximum Gasteiger partial charge on any atom is 0.0416 e. The highest BCUT2D eigenvalue weighted by Crippen LogP contribution is 2.34. The lowest BCUT2D eigenvalue weighted by Crippen LogP contribution is -2.00. The molecule has 0 saturated heterocycles. The van der Waals surface area contributed by atoms with Crippen LogP contribution in [-0.4, -0.2) is 10.2 Å². The van der Waals surface area contributed by atoms with E-state index >= 15 is 0 Å². The number of aryl methyl sites for hydroxylation is 1. The molecule has 0 spiro atoms. The molecular weight excluding hydrogens is 276 g/mol. The van der Waals surface area contributed by atoms with Crippen molar-refractivity contribution >= 4 is 17.4 Å². The number of pyridine rings is 1. The van der Waals surface area contributed by atoms with Crippen LogP contribution in [0.25, 0.3) is 0 Å². The molecular formula is C18H22N2S. The Hall–Kier alpha value is -1.48. The monoisotopic (exact) mass is 298 g/mol. The summed E-state index contributed by atoms with van der Waals surface area (Å²) >= 11 is 2.04. The molecule has 1 N–H and O–H groups in total. The zero-order chi connectivity index (χ0) is 14.5. The van der Waals surface area contributed by atoms with Crippen LogP contribution in [0.5, 0.6) is 0 Å². The standard InChI is InChI=1S/C18H22N2S/c1-14-6-7-15(12-19-14)13-20-16-8-10-18(11-9-16)21-17-4-2-3-5-17/h6-12,17,20H,2-5,13H2,1H3. The van der Waals surface area contributed by atoms with Gasteiger partial charge in [-0.25, -0.2) is 0 Å². The van der Waals surface area contributed by atoms with Crippen molar-refractivity contribution in [1.82, 2.24) is 4.98 Å². The molecule has 0 amide bonds. The summed E-state index contributed by atoms with van der Waals surface area (Å²) in [4.78, 5) is 5.71. The minimum atomic E-state index is 0.822. The van der Waals surface area contributed by atoms with Crippen molar-refractivity contribution in [2.24, 2.45) is 0 Å². The second-order valence-electron chi connectivity index (χ2n) is 5.71. The maximum absolute atomic E-state index is 4.32. The third-order valence-electron chi connectivity index (χ3n) is 3.93. The van der Waals surface area contributed by atoms with Crippen molar-refractivity contribution in [1.29, 1.82) is 0 Å². The molecule has 3 heteroatoms. The number of benzene rings is 1. The number of thioether (sulfide) groups is 1. The van der Waals surface area contributed by atoms with Crippen LogP contribution >= 0.6 is 11.8 Å². The highest BCUT2D eigenvalue weighted by atomic mass is 32.2. The molecule has 3 rings (SSSR count). The summed E-state index contributed by atoms with van der Waals surface area (Å²) < 4.78 is 0. The average molecular weight is 298 g/mol. The van der Waals surface area contributed by atoms with Gasteiger partial charge in [-0.2, -0.15) is 0 Å². The van der Waals surface area contributed by atoms with E-state index in [0.29, 0.717) is 0 Å². The fourth-order valence-electron chi connectivity index (χ4n) is 2.66. The van der Waals surface area contributed by atoms with Crippen LogP contribution in [0.3, 0.4) is 0 Å². The summed E-state index contributed by atoms with van der Waals surface area (Å²) in [5.41, 5.74) is 3.45. The summed E-state index contributed by atoms with van der Waals surface area (Å²) in [5, 5.41) is 4.29. The van der Waals surface area contributed by atoms with Crippen molar-refractivity contribution < 1.29 is 0 Å². The zero-order valence-electron chi connectivity index (χ0n) is 12.5. The molecule has 0 radical (unpaired) electrons. The number of nitrogens with one attached hydrogen (secondary N) is 1. The Morgan fingerprint density at radius 3 is 2.52 bits per heavy atom. The molecule has 1 aliphatic rings. The van der Waals surface area contributed by atoms with E-state index in [4.69, 9.17) is 0 Å². The molecule has 2 nitrogen and oxygen atoms in total. The number of rotatable bonds is 5. The Labute approximate surface area is 131 Å². The number of hydrogen-bond donors (Lipinski definition) is 1. The van der Waals surface area contributed by atoms with Gasteiger partial charge in [0, 0.05) is 34.3 Å². The van der Waals surface area contributed by atoms with Crippen LogP contribution < -0.4 is 5.32 Å². The van der Waals surface area contributed by atoms with Gasteiger partial charge < -0.3 is 5.32 Å². The van der Waals surface area contributed by atoms with E-state index in [-0.39, 0.29) is 0 Å². The second-order valence-corrected chi connectivity index (χ2v) is 7.08. The van der Waals surface area contributed by atoms with E-state index in [1.54, 1.807) is 0 Å². The molecule has 21 heavy (non-hydrogen) atoms.